The van der Waals surface area contributed by atoms with Gasteiger partial charge < -0.3 is 9.84 Å². The number of hydrogen-bond acceptors (Lipinski definition) is 3. The second kappa shape index (κ2) is 7.22. The minimum absolute atomic E-state index is 0.0437. The number of phenols is 1. The van der Waals surface area contributed by atoms with Crippen LogP contribution in [0.2, 0.25) is 0 Å². The van der Waals surface area contributed by atoms with E-state index in [9.17, 15) is 14.3 Å². The molecule has 112 valence electrons. The Morgan fingerprint density at radius 3 is 2.27 bits per heavy atom. The molecule has 0 aliphatic carbocycles. The summed E-state index contributed by atoms with van der Waals surface area (Å²) in [6.07, 6.45) is 6.05. The Morgan fingerprint density at radius 1 is 1.05 bits per heavy atom. The van der Waals surface area contributed by atoms with Gasteiger partial charge in [-0.2, -0.15) is 0 Å². The maximum Gasteiger partial charge on any atom is 0.178 e. The van der Waals surface area contributed by atoms with Gasteiger partial charge in [0.25, 0.3) is 0 Å². The summed E-state index contributed by atoms with van der Waals surface area (Å²) in [5.41, 5.74) is 1.48. The third-order valence-electron chi connectivity index (χ3n) is 2.95. The largest absolute Gasteiger partial charge is 0.504 e. The SMILES string of the molecule is COc1cc(C=CC(=O)C=Cc2ccc(F)cc2)ccc1O. The molecule has 2 aromatic rings. The first-order valence-corrected chi connectivity index (χ1v) is 6.61. The van der Waals surface area contributed by atoms with Crippen LogP contribution in [0.1, 0.15) is 11.1 Å². The number of rotatable bonds is 5. The molecule has 0 heterocycles. The van der Waals surface area contributed by atoms with Crippen molar-refractivity contribution in [3.63, 3.8) is 0 Å². The van der Waals surface area contributed by atoms with Gasteiger partial charge in [0.05, 0.1) is 7.11 Å². The van der Waals surface area contributed by atoms with Crippen molar-refractivity contribution in [3.8, 4) is 11.5 Å². The molecule has 0 atom stereocenters. The third kappa shape index (κ3) is 4.31. The number of benzene rings is 2. The summed E-state index contributed by atoms with van der Waals surface area (Å²) in [4.78, 5) is 11.7. The van der Waals surface area contributed by atoms with E-state index in [1.54, 1.807) is 36.4 Å². The minimum Gasteiger partial charge on any atom is -0.504 e. The fourth-order valence-electron chi connectivity index (χ4n) is 1.78. The van der Waals surface area contributed by atoms with Crippen molar-refractivity contribution < 1.29 is 19.0 Å². The summed E-state index contributed by atoms with van der Waals surface area (Å²) in [5, 5.41) is 9.49. The van der Waals surface area contributed by atoms with E-state index in [2.05, 4.69) is 0 Å². The number of ketones is 1. The lowest BCUT2D eigenvalue weighted by atomic mass is 10.1. The Morgan fingerprint density at radius 2 is 1.64 bits per heavy atom. The molecule has 1 N–H and O–H groups in total. The first kappa shape index (κ1) is 15.5. The molecule has 0 fully saturated rings. The summed E-state index contributed by atoms with van der Waals surface area (Å²) in [6.45, 7) is 0. The molecule has 0 saturated carbocycles. The maximum absolute atomic E-state index is 12.8. The second-order valence-electron chi connectivity index (χ2n) is 4.55. The van der Waals surface area contributed by atoms with Gasteiger partial charge in [-0.1, -0.05) is 30.4 Å². The van der Waals surface area contributed by atoms with Crippen LogP contribution in [0.4, 0.5) is 4.39 Å². The molecule has 0 radical (unpaired) electrons. The molecule has 4 heteroatoms. The zero-order chi connectivity index (χ0) is 15.9. The zero-order valence-electron chi connectivity index (χ0n) is 12.0. The van der Waals surface area contributed by atoms with Crippen molar-refractivity contribution in [2.24, 2.45) is 0 Å². The Bertz CT molecular complexity index is 716. The second-order valence-corrected chi connectivity index (χ2v) is 4.55. The molecule has 0 saturated heterocycles. The maximum atomic E-state index is 12.8. The molecule has 0 amide bonds. The van der Waals surface area contributed by atoms with E-state index in [0.717, 1.165) is 11.1 Å². The molecule has 3 nitrogen and oxygen atoms in total. The molecule has 0 aromatic heterocycles. The van der Waals surface area contributed by atoms with Crippen molar-refractivity contribution in [2.75, 3.05) is 7.11 Å². The Kier molecular flexibility index (Phi) is 5.09. The van der Waals surface area contributed by atoms with E-state index >= 15 is 0 Å². The van der Waals surface area contributed by atoms with Gasteiger partial charge in [-0.3, -0.25) is 4.79 Å². The monoisotopic (exact) mass is 298 g/mol. The van der Waals surface area contributed by atoms with Crippen molar-refractivity contribution in [3.05, 3.63) is 71.6 Å². The number of halogens is 1. The van der Waals surface area contributed by atoms with Crippen LogP contribution in [0.15, 0.2) is 54.6 Å². The highest BCUT2D eigenvalue weighted by Crippen LogP contribution is 2.26. The molecule has 0 unspecified atom stereocenters. The Hall–Kier alpha value is -2.88. The van der Waals surface area contributed by atoms with E-state index in [-0.39, 0.29) is 17.3 Å². The molecular weight excluding hydrogens is 283 g/mol. The molecule has 22 heavy (non-hydrogen) atoms. The summed E-state index contributed by atoms with van der Waals surface area (Å²) in [7, 11) is 1.46. The molecule has 0 spiro atoms. The lowest BCUT2D eigenvalue weighted by molar-refractivity contribution is -0.110. The van der Waals surface area contributed by atoms with E-state index in [1.165, 1.54) is 37.5 Å². The van der Waals surface area contributed by atoms with Crippen molar-refractivity contribution >= 4 is 17.9 Å². The number of carbonyl (C=O) groups is 1. The molecule has 2 aromatic carbocycles. The van der Waals surface area contributed by atoms with Crippen LogP contribution in [0.3, 0.4) is 0 Å². The normalized spacial score (nSPS) is 11.2. The van der Waals surface area contributed by atoms with Crippen LogP contribution in [-0.4, -0.2) is 18.0 Å². The van der Waals surface area contributed by atoms with Gasteiger partial charge in [0.15, 0.2) is 17.3 Å². The molecule has 0 aliphatic rings. The summed E-state index contributed by atoms with van der Waals surface area (Å²) in [5.74, 6) is -0.125. The number of phenolic OH excluding ortho intramolecular Hbond substituents is 1. The summed E-state index contributed by atoms with van der Waals surface area (Å²) < 4.78 is 17.7. The quantitative estimate of drug-likeness (QED) is 0.853. The Labute approximate surface area is 128 Å². The van der Waals surface area contributed by atoms with Crippen molar-refractivity contribution in [2.45, 2.75) is 0 Å². The van der Waals surface area contributed by atoms with Crippen LogP contribution in [0.25, 0.3) is 12.2 Å². The number of hydrogen-bond donors (Lipinski definition) is 1. The third-order valence-corrected chi connectivity index (χ3v) is 2.95. The number of ether oxygens (including phenoxy) is 1. The highest BCUT2D eigenvalue weighted by Gasteiger charge is 2.00. The number of methoxy groups -OCH3 is 1. The summed E-state index contributed by atoms with van der Waals surface area (Å²) >= 11 is 0. The van der Waals surface area contributed by atoms with Crippen LogP contribution in [0.5, 0.6) is 11.5 Å². The van der Waals surface area contributed by atoms with E-state index in [1.807, 2.05) is 0 Å². The molecule has 2 rings (SSSR count). The predicted molar refractivity (Wildman–Crippen MR) is 84.1 cm³/mol. The average Bonchev–Trinajstić information content (AvgIpc) is 2.53. The number of carbonyl (C=O) groups excluding carboxylic acids is 1. The molecular formula is C18H15FO3. The average molecular weight is 298 g/mol. The van der Waals surface area contributed by atoms with Gasteiger partial charge in [-0.05, 0) is 47.5 Å². The highest BCUT2D eigenvalue weighted by molar-refractivity contribution is 6.04. The Balaban J connectivity index is 2.03. The van der Waals surface area contributed by atoms with E-state index in [4.69, 9.17) is 4.74 Å². The number of allylic oxidation sites excluding steroid dienone is 2. The van der Waals surface area contributed by atoms with Crippen LogP contribution < -0.4 is 4.74 Å². The lowest BCUT2D eigenvalue weighted by Crippen LogP contribution is -1.87. The van der Waals surface area contributed by atoms with Crippen LogP contribution >= 0.6 is 0 Å². The van der Waals surface area contributed by atoms with Gasteiger partial charge in [0.1, 0.15) is 5.82 Å². The summed E-state index contributed by atoms with van der Waals surface area (Å²) in [6, 6.07) is 10.7. The lowest BCUT2D eigenvalue weighted by Gasteiger charge is -2.03. The smallest absolute Gasteiger partial charge is 0.178 e. The van der Waals surface area contributed by atoms with E-state index in [0.29, 0.717) is 5.75 Å². The van der Waals surface area contributed by atoms with Crippen LogP contribution in [0, 0.1) is 5.82 Å². The number of aromatic hydroxyl groups is 1. The van der Waals surface area contributed by atoms with E-state index < -0.39 is 0 Å². The molecule has 0 aliphatic heterocycles. The fraction of sp³-hybridized carbons (Fsp3) is 0.0556. The van der Waals surface area contributed by atoms with Gasteiger partial charge in [0, 0.05) is 0 Å². The van der Waals surface area contributed by atoms with Crippen molar-refractivity contribution in [1.29, 1.82) is 0 Å². The van der Waals surface area contributed by atoms with Crippen LogP contribution in [-0.2, 0) is 4.79 Å². The highest BCUT2D eigenvalue weighted by atomic mass is 19.1. The van der Waals surface area contributed by atoms with Gasteiger partial charge in [-0.15, -0.1) is 0 Å². The topological polar surface area (TPSA) is 46.5 Å². The fourth-order valence-corrected chi connectivity index (χ4v) is 1.78. The van der Waals surface area contributed by atoms with Gasteiger partial charge in [-0.25, -0.2) is 4.39 Å². The van der Waals surface area contributed by atoms with Crippen molar-refractivity contribution in [1.82, 2.24) is 0 Å². The van der Waals surface area contributed by atoms with Gasteiger partial charge in [0.2, 0.25) is 0 Å². The molecule has 0 bridgehead atoms. The predicted octanol–water partition coefficient (Wildman–Crippen LogP) is 3.84. The first-order valence-electron chi connectivity index (χ1n) is 6.61. The zero-order valence-corrected chi connectivity index (χ0v) is 12.0. The van der Waals surface area contributed by atoms with Gasteiger partial charge >= 0.3 is 0 Å². The minimum atomic E-state index is -0.315. The first-order chi connectivity index (χ1) is 10.6. The standard InChI is InChI=1S/C18H15FO3/c1-22-18-12-14(6-11-17(18)21)5-10-16(20)9-4-13-2-7-15(19)8-3-13/h2-12,21H,1H3.